The van der Waals surface area contributed by atoms with Gasteiger partial charge in [0.25, 0.3) is 5.91 Å². The first-order valence-corrected chi connectivity index (χ1v) is 10.6. The first-order valence-electron chi connectivity index (χ1n) is 10.6. The van der Waals surface area contributed by atoms with Crippen LogP contribution in [0.5, 0.6) is 0 Å². The normalized spacial score (nSPS) is 14.5. The first-order chi connectivity index (χ1) is 15.1. The van der Waals surface area contributed by atoms with Crippen molar-refractivity contribution in [2.24, 2.45) is 0 Å². The number of morpholine rings is 1. The van der Waals surface area contributed by atoms with E-state index < -0.39 is 0 Å². The van der Waals surface area contributed by atoms with Crippen LogP contribution in [-0.2, 0) is 4.74 Å². The van der Waals surface area contributed by atoms with Gasteiger partial charge in [0.05, 0.1) is 24.6 Å². The van der Waals surface area contributed by atoms with Crippen molar-refractivity contribution in [3.8, 4) is 16.9 Å². The highest BCUT2D eigenvalue weighted by Crippen LogP contribution is 2.24. The number of nitrogens with one attached hydrogen (secondary N) is 1. The fourth-order valence-electron chi connectivity index (χ4n) is 3.72. The minimum atomic E-state index is -0.367. The average molecular weight is 423 g/mol. The van der Waals surface area contributed by atoms with Crippen LogP contribution in [-0.4, -0.2) is 60.0 Å². The Morgan fingerprint density at radius 2 is 1.94 bits per heavy atom. The zero-order valence-electron chi connectivity index (χ0n) is 17.7. The summed E-state index contributed by atoms with van der Waals surface area (Å²) in [6, 6.07) is 15.9. The van der Waals surface area contributed by atoms with Crippen LogP contribution in [0.1, 0.15) is 22.5 Å². The summed E-state index contributed by atoms with van der Waals surface area (Å²) in [6.07, 6.45) is 0.852. The van der Waals surface area contributed by atoms with Crippen LogP contribution in [0.3, 0.4) is 0 Å². The topological polar surface area (TPSA) is 59.4 Å². The summed E-state index contributed by atoms with van der Waals surface area (Å²) in [5.41, 5.74) is 3.00. The zero-order chi connectivity index (χ0) is 21.6. The number of hydrogen-bond donors (Lipinski definition) is 1. The van der Waals surface area contributed by atoms with E-state index in [-0.39, 0.29) is 11.7 Å². The molecular weight excluding hydrogens is 395 g/mol. The summed E-state index contributed by atoms with van der Waals surface area (Å²) < 4.78 is 21.3. The number of nitrogens with zero attached hydrogens (tertiary/aromatic N) is 3. The molecule has 4 rings (SSSR count). The summed E-state index contributed by atoms with van der Waals surface area (Å²) in [6.45, 7) is 6.85. The van der Waals surface area contributed by atoms with Crippen molar-refractivity contribution in [1.82, 2.24) is 20.0 Å². The van der Waals surface area contributed by atoms with Gasteiger partial charge in [0, 0.05) is 25.2 Å². The standard InChI is InChI=1S/C24H27FN4O2/c1-18-6-4-7-19(16-18)29-23(17-22(27-29)20-8-2-3-9-21(20)25)24(30)26-10-5-11-28-12-14-31-15-13-28/h2-4,6-9,16-17H,5,10-15H2,1H3,(H,26,30). The third kappa shape index (κ3) is 5.18. The van der Waals surface area contributed by atoms with Crippen LogP contribution >= 0.6 is 0 Å². The number of benzene rings is 2. The van der Waals surface area contributed by atoms with Crippen molar-refractivity contribution in [1.29, 1.82) is 0 Å². The zero-order valence-corrected chi connectivity index (χ0v) is 17.7. The number of rotatable bonds is 7. The van der Waals surface area contributed by atoms with Crippen LogP contribution in [0.4, 0.5) is 4.39 Å². The van der Waals surface area contributed by atoms with E-state index in [4.69, 9.17) is 4.74 Å². The van der Waals surface area contributed by atoms with Gasteiger partial charge in [-0.1, -0.05) is 24.3 Å². The van der Waals surface area contributed by atoms with Crippen LogP contribution in [0.25, 0.3) is 16.9 Å². The van der Waals surface area contributed by atoms with Crippen molar-refractivity contribution in [2.75, 3.05) is 39.4 Å². The van der Waals surface area contributed by atoms with E-state index in [2.05, 4.69) is 15.3 Å². The molecule has 2 aromatic carbocycles. The highest BCUT2D eigenvalue weighted by Gasteiger charge is 2.19. The van der Waals surface area contributed by atoms with E-state index in [1.54, 1.807) is 28.9 Å². The predicted molar refractivity (Wildman–Crippen MR) is 118 cm³/mol. The number of hydrogen-bond acceptors (Lipinski definition) is 4. The lowest BCUT2D eigenvalue weighted by molar-refractivity contribution is 0.0374. The van der Waals surface area contributed by atoms with Gasteiger partial charge in [-0.25, -0.2) is 9.07 Å². The molecule has 3 aromatic rings. The van der Waals surface area contributed by atoms with Gasteiger partial charge in [-0.05, 0) is 55.8 Å². The summed E-state index contributed by atoms with van der Waals surface area (Å²) in [7, 11) is 0. The number of aryl methyl sites for hydroxylation is 1. The lowest BCUT2D eigenvalue weighted by Crippen LogP contribution is -2.38. The van der Waals surface area contributed by atoms with E-state index >= 15 is 0 Å². The lowest BCUT2D eigenvalue weighted by Gasteiger charge is -2.26. The third-order valence-corrected chi connectivity index (χ3v) is 5.38. The van der Waals surface area contributed by atoms with Crippen LogP contribution in [0.15, 0.2) is 54.6 Å². The number of carbonyl (C=O) groups is 1. The molecule has 2 heterocycles. The number of carbonyl (C=O) groups excluding carboxylic acids is 1. The molecule has 0 aliphatic carbocycles. The third-order valence-electron chi connectivity index (χ3n) is 5.38. The van der Waals surface area contributed by atoms with Crippen molar-refractivity contribution in [2.45, 2.75) is 13.3 Å². The van der Waals surface area contributed by atoms with Gasteiger partial charge in [-0.15, -0.1) is 0 Å². The lowest BCUT2D eigenvalue weighted by atomic mass is 10.1. The van der Waals surface area contributed by atoms with Gasteiger partial charge in [-0.3, -0.25) is 9.69 Å². The number of ether oxygens (including phenoxy) is 1. The molecule has 7 heteroatoms. The monoisotopic (exact) mass is 422 g/mol. The molecule has 1 saturated heterocycles. The molecule has 162 valence electrons. The Kier molecular flexibility index (Phi) is 6.74. The molecule has 6 nitrogen and oxygen atoms in total. The Bertz CT molecular complexity index is 1040. The van der Waals surface area contributed by atoms with E-state index in [1.807, 2.05) is 31.2 Å². The Hall–Kier alpha value is -3.03. The van der Waals surface area contributed by atoms with E-state index in [0.717, 1.165) is 50.5 Å². The minimum Gasteiger partial charge on any atom is -0.379 e. The highest BCUT2D eigenvalue weighted by atomic mass is 19.1. The van der Waals surface area contributed by atoms with Gasteiger partial charge in [-0.2, -0.15) is 5.10 Å². The van der Waals surface area contributed by atoms with Crippen molar-refractivity contribution >= 4 is 5.91 Å². The molecule has 1 N–H and O–H groups in total. The Balaban J connectivity index is 1.53. The molecule has 0 bridgehead atoms. The maximum Gasteiger partial charge on any atom is 0.270 e. The molecule has 1 amide bonds. The van der Waals surface area contributed by atoms with E-state index in [0.29, 0.717) is 23.5 Å². The van der Waals surface area contributed by atoms with Gasteiger partial charge < -0.3 is 10.1 Å². The molecule has 1 aliphatic rings. The van der Waals surface area contributed by atoms with Crippen LogP contribution in [0, 0.1) is 12.7 Å². The smallest absolute Gasteiger partial charge is 0.270 e. The molecule has 0 spiro atoms. The molecular formula is C24H27FN4O2. The fraction of sp³-hybridized carbons (Fsp3) is 0.333. The van der Waals surface area contributed by atoms with Crippen molar-refractivity contribution in [3.05, 3.63) is 71.7 Å². The quantitative estimate of drug-likeness (QED) is 0.593. The molecule has 1 aromatic heterocycles. The molecule has 0 saturated carbocycles. The summed E-state index contributed by atoms with van der Waals surface area (Å²) in [5, 5.41) is 7.56. The Morgan fingerprint density at radius 3 is 2.71 bits per heavy atom. The van der Waals surface area contributed by atoms with Gasteiger partial charge >= 0.3 is 0 Å². The summed E-state index contributed by atoms with van der Waals surface area (Å²) in [4.78, 5) is 15.3. The minimum absolute atomic E-state index is 0.224. The second-order valence-electron chi connectivity index (χ2n) is 7.71. The summed E-state index contributed by atoms with van der Waals surface area (Å²) in [5.74, 6) is -0.590. The van der Waals surface area contributed by atoms with E-state index in [1.165, 1.54) is 6.07 Å². The molecule has 0 unspecified atom stereocenters. The second-order valence-corrected chi connectivity index (χ2v) is 7.71. The molecule has 0 atom stereocenters. The number of amides is 1. The second kappa shape index (κ2) is 9.85. The first kappa shape index (κ1) is 21.2. The van der Waals surface area contributed by atoms with E-state index in [9.17, 15) is 9.18 Å². The summed E-state index contributed by atoms with van der Waals surface area (Å²) >= 11 is 0. The van der Waals surface area contributed by atoms with Crippen molar-refractivity contribution < 1.29 is 13.9 Å². The molecule has 1 aliphatic heterocycles. The van der Waals surface area contributed by atoms with Crippen molar-refractivity contribution in [3.63, 3.8) is 0 Å². The Labute approximate surface area is 181 Å². The number of aromatic nitrogens is 2. The predicted octanol–water partition coefficient (Wildman–Crippen LogP) is 3.44. The number of halogens is 1. The maximum absolute atomic E-state index is 14.3. The highest BCUT2D eigenvalue weighted by molar-refractivity contribution is 5.94. The van der Waals surface area contributed by atoms with Gasteiger partial charge in [0.2, 0.25) is 0 Å². The SMILES string of the molecule is Cc1cccc(-n2nc(-c3ccccc3F)cc2C(=O)NCCCN2CCOCC2)c1. The van der Waals surface area contributed by atoms with Gasteiger partial charge in [0.1, 0.15) is 11.5 Å². The maximum atomic E-state index is 14.3. The Morgan fingerprint density at radius 1 is 1.13 bits per heavy atom. The molecule has 0 radical (unpaired) electrons. The molecule has 31 heavy (non-hydrogen) atoms. The largest absolute Gasteiger partial charge is 0.379 e. The average Bonchev–Trinajstić information content (AvgIpc) is 3.23. The fourth-order valence-corrected chi connectivity index (χ4v) is 3.72. The van der Waals surface area contributed by atoms with Crippen LogP contribution in [0.2, 0.25) is 0 Å². The van der Waals surface area contributed by atoms with Gasteiger partial charge in [0.15, 0.2) is 0 Å². The molecule has 1 fully saturated rings. The van der Waals surface area contributed by atoms with Crippen LogP contribution < -0.4 is 5.32 Å².